The van der Waals surface area contributed by atoms with Crippen molar-refractivity contribution in [3.8, 4) is 0 Å². The van der Waals surface area contributed by atoms with E-state index in [1.807, 2.05) is 18.2 Å². The Morgan fingerprint density at radius 3 is 2.56 bits per heavy atom. The van der Waals surface area contributed by atoms with Crippen molar-refractivity contribution in [1.29, 1.82) is 0 Å². The van der Waals surface area contributed by atoms with Crippen LogP contribution in [0.3, 0.4) is 0 Å². The molecule has 0 spiro atoms. The second-order valence-electron chi connectivity index (χ2n) is 5.87. The van der Waals surface area contributed by atoms with Crippen LogP contribution in [0.4, 0.5) is 11.4 Å². The molecule has 1 amide bonds. The second-order valence-corrected chi connectivity index (χ2v) is 7.99. The van der Waals surface area contributed by atoms with E-state index in [9.17, 15) is 13.2 Å². The van der Waals surface area contributed by atoms with E-state index in [0.717, 1.165) is 5.56 Å². The number of nitrogens with one attached hydrogen (secondary N) is 2. The molecule has 0 aliphatic heterocycles. The number of nitrogens with zero attached hydrogens (tertiary/aromatic N) is 2. The summed E-state index contributed by atoms with van der Waals surface area (Å²) in [5, 5.41) is 7.38. The number of benzene rings is 2. The first-order valence-corrected chi connectivity index (χ1v) is 9.85. The minimum atomic E-state index is -3.76. The summed E-state index contributed by atoms with van der Waals surface area (Å²) >= 11 is 5.97. The molecule has 3 rings (SSSR count). The van der Waals surface area contributed by atoms with Gasteiger partial charge in [0.1, 0.15) is 0 Å². The van der Waals surface area contributed by atoms with Gasteiger partial charge < -0.3 is 5.32 Å². The van der Waals surface area contributed by atoms with Gasteiger partial charge >= 0.3 is 0 Å². The lowest BCUT2D eigenvalue weighted by Crippen LogP contribution is -2.13. The van der Waals surface area contributed by atoms with Crippen molar-refractivity contribution in [3.05, 3.63) is 71.5 Å². The normalized spacial score (nSPS) is 11.2. The van der Waals surface area contributed by atoms with Crippen LogP contribution in [0.15, 0.2) is 65.8 Å². The Labute approximate surface area is 162 Å². The van der Waals surface area contributed by atoms with Crippen LogP contribution in [0, 0.1) is 0 Å². The number of carbonyl (C=O) groups excluding carboxylic acids is 1. The van der Waals surface area contributed by atoms with Gasteiger partial charge in [0.05, 0.1) is 23.3 Å². The largest absolute Gasteiger partial charge is 0.326 e. The Balaban J connectivity index is 1.71. The van der Waals surface area contributed by atoms with Gasteiger partial charge in [-0.2, -0.15) is 5.10 Å². The summed E-state index contributed by atoms with van der Waals surface area (Å²) in [6.45, 7) is 1.85. The van der Waals surface area contributed by atoms with Gasteiger partial charge in [0, 0.05) is 23.8 Å². The van der Waals surface area contributed by atoms with Crippen molar-refractivity contribution in [2.24, 2.45) is 0 Å². The first-order chi connectivity index (χ1) is 12.8. The molecule has 3 aromatic rings. The third-order valence-electron chi connectivity index (χ3n) is 3.60. The Hall–Kier alpha value is -2.84. The van der Waals surface area contributed by atoms with Gasteiger partial charge in [0.2, 0.25) is 5.91 Å². The minimum absolute atomic E-state index is 0.0826. The summed E-state index contributed by atoms with van der Waals surface area (Å²) in [7, 11) is -3.76. The van der Waals surface area contributed by atoms with Crippen molar-refractivity contribution in [2.75, 3.05) is 10.0 Å². The standard InChI is InChI=1S/C18H17ClN4O3S/c1-13(24)21-16-5-7-18(8-6-16)27(25,26)22-17-10-20-23(12-17)11-14-3-2-4-15(19)9-14/h2-10,12,22H,11H2,1H3,(H,21,24). The molecule has 27 heavy (non-hydrogen) atoms. The van der Waals surface area contributed by atoms with Gasteiger partial charge in [-0.1, -0.05) is 23.7 Å². The molecule has 7 nitrogen and oxygen atoms in total. The quantitative estimate of drug-likeness (QED) is 0.658. The summed E-state index contributed by atoms with van der Waals surface area (Å²) in [6, 6.07) is 13.3. The number of amides is 1. The predicted molar refractivity (Wildman–Crippen MR) is 104 cm³/mol. The number of sulfonamides is 1. The van der Waals surface area contributed by atoms with Crippen molar-refractivity contribution < 1.29 is 13.2 Å². The Bertz CT molecular complexity index is 1060. The number of anilines is 2. The van der Waals surface area contributed by atoms with E-state index in [1.165, 1.54) is 37.4 Å². The highest BCUT2D eigenvalue weighted by atomic mass is 35.5. The first-order valence-electron chi connectivity index (χ1n) is 7.99. The fraction of sp³-hybridized carbons (Fsp3) is 0.111. The topological polar surface area (TPSA) is 93.1 Å². The number of halogens is 1. The third kappa shape index (κ3) is 5.08. The highest BCUT2D eigenvalue weighted by Crippen LogP contribution is 2.18. The maximum atomic E-state index is 12.5. The van der Waals surface area contributed by atoms with Gasteiger partial charge in [-0.25, -0.2) is 8.42 Å². The molecule has 0 bridgehead atoms. The summed E-state index contributed by atoms with van der Waals surface area (Å²) in [5.74, 6) is -0.226. The number of hydrogen-bond donors (Lipinski definition) is 2. The molecular weight excluding hydrogens is 388 g/mol. The van der Waals surface area contributed by atoms with Gasteiger partial charge in [0.25, 0.3) is 10.0 Å². The molecule has 0 saturated heterocycles. The zero-order chi connectivity index (χ0) is 19.4. The molecule has 9 heteroatoms. The van der Waals surface area contributed by atoms with Crippen LogP contribution in [0.5, 0.6) is 0 Å². The summed E-state index contributed by atoms with van der Waals surface area (Å²) < 4.78 is 29.1. The Morgan fingerprint density at radius 1 is 1.15 bits per heavy atom. The molecule has 0 aliphatic rings. The molecule has 1 aromatic heterocycles. The average Bonchev–Trinajstić information content (AvgIpc) is 3.01. The lowest BCUT2D eigenvalue weighted by atomic mass is 10.2. The van der Waals surface area contributed by atoms with Crippen LogP contribution < -0.4 is 10.0 Å². The third-order valence-corrected chi connectivity index (χ3v) is 5.24. The van der Waals surface area contributed by atoms with Gasteiger partial charge in [-0.05, 0) is 42.0 Å². The maximum absolute atomic E-state index is 12.5. The first kappa shape index (κ1) is 18.9. The number of carbonyl (C=O) groups is 1. The lowest BCUT2D eigenvalue weighted by molar-refractivity contribution is -0.114. The Morgan fingerprint density at radius 2 is 1.89 bits per heavy atom. The van der Waals surface area contributed by atoms with E-state index < -0.39 is 10.0 Å². The summed E-state index contributed by atoms with van der Waals surface area (Å²) in [6.07, 6.45) is 3.04. The zero-order valence-corrected chi connectivity index (χ0v) is 16.0. The van der Waals surface area contributed by atoms with Gasteiger partial charge in [-0.15, -0.1) is 0 Å². The van der Waals surface area contributed by atoms with E-state index in [1.54, 1.807) is 16.9 Å². The molecule has 0 atom stereocenters. The van der Waals surface area contributed by atoms with Crippen LogP contribution >= 0.6 is 11.6 Å². The van der Waals surface area contributed by atoms with Crippen LogP contribution in [-0.4, -0.2) is 24.1 Å². The zero-order valence-electron chi connectivity index (χ0n) is 14.4. The summed E-state index contributed by atoms with van der Waals surface area (Å²) in [5.41, 5.74) is 1.83. The fourth-order valence-electron chi connectivity index (χ4n) is 2.46. The molecule has 0 unspecified atom stereocenters. The maximum Gasteiger partial charge on any atom is 0.261 e. The monoisotopic (exact) mass is 404 g/mol. The number of hydrogen-bond acceptors (Lipinski definition) is 4. The highest BCUT2D eigenvalue weighted by Gasteiger charge is 2.15. The SMILES string of the molecule is CC(=O)Nc1ccc(S(=O)(=O)Nc2cnn(Cc3cccc(Cl)c3)c2)cc1. The Kier molecular flexibility index (Phi) is 5.48. The van der Waals surface area contributed by atoms with E-state index in [-0.39, 0.29) is 10.8 Å². The average molecular weight is 405 g/mol. The smallest absolute Gasteiger partial charge is 0.261 e. The van der Waals surface area contributed by atoms with Gasteiger partial charge in [-0.3, -0.25) is 14.2 Å². The van der Waals surface area contributed by atoms with Crippen LogP contribution in [0.25, 0.3) is 0 Å². The van der Waals surface area contributed by atoms with Crippen LogP contribution in [0.1, 0.15) is 12.5 Å². The van der Waals surface area contributed by atoms with Crippen molar-refractivity contribution in [3.63, 3.8) is 0 Å². The summed E-state index contributed by atoms with van der Waals surface area (Å²) in [4.78, 5) is 11.1. The van der Waals surface area contributed by atoms with Crippen molar-refractivity contribution >= 4 is 38.9 Å². The molecular formula is C18H17ClN4O3S. The highest BCUT2D eigenvalue weighted by molar-refractivity contribution is 7.92. The van der Waals surface area contributed by atoms with Crippen LogP contribution in [0.2, 0.25) is 5.02 Å². The minimum Gasteiger partial charge on any atom is -0.326 e. The van der Waals surface area contributed by atoms with Crippen LogP contribution in [-0.2, 0) is 21.4 Å². The molecule has 140 valence electrons. The molecule has 0 radical (unpaired) electrons. The fourth-order valence-corrected chi connectivity index (χ4v) is 3.70. The molecule has 0 aliphatic carbocycles. The number of aromatic nitrogens is 2. The number of rotatable bonds is 6. The molecule has 2 aromatic carbocycles. The van der Waals surface area contributed by atoms with E-state index in [4.69, 9.17) is 11.6 Å². The van der Waals surface area contributed by atoms with Gasteiger partial charge in [0.15, 0.2) is 0 Å². The van der Waals surface area contributed by atoms with E-state index in [0.29, 0.717) is 22.9 Å². The van der Waals surface area contributed by atoms with E-state index in [2.05, 4.69) is 15.1 Å². The molecule has 2 N–H and O–H groups in total. The lowest BCUT2D eigenvalue weighted by Gasteiger charge is -2.07. The predicted octanol–water partition coefficient (Wildman–Crippen LogP) is 3.34. The molecule has 1 heterocycles. The molecule has 0 fully saturated rings. The van der Waals surface area contributed by atoms with Crippen molar-refractivity contribution in [1.82, 2.24) is 9.78 Å². The van der Waals surface area contributed by atoms with E-state index >= 15 is 0 Å². The second kappa shape index (κ2) is 7.81. The van der Waals surface area contributed by atoms with Crippen molar-refractivity contribution in [2.45, 2.75) is 18.4 Å². The molecule has 0 saturated carbocycles.